The largest absolute Gasteiger partial charge is 0.491 e. The van der Waals surface area contributed by atoms with Gasteiger partial charge in [0.2, 0.25) is 5.91 Å². The van der Waals surface area contributed by atoms with Crippen LogP contribution in [-0.2, 0) is 22.8 Å². The van der Waals surface area contributed by atoms with E-state index >= 15 is 0 Å². The SMILES string of the molecule is C=N/C=C(\C=NC1CCN(S(=O)c2ccc(C#N)c(OCC(C)N3CCC(c4ccc5c(N6CCC(=O)NC6=O)nn(C)c5c4)CC3)c2)CC1)C(F)(F)F.CN. The number of hydrogen-bond acceptors (Lipinski definition) is 10. The summed E-state index contributed by atoms with van der Waals surface area (Å²) in [4.78, 5) is 35.8. The third-order valence-electron chi connectivity index (χ3n) is 10.2. The van der Waals surface area contributed by atoms with Gasteiger partial charge in [-0.3, -0.25) is 34.6 Å². The van der Waals surface area contributed by atoms with Crippen molar-refractivity contribution in [3.8, 4) is 11.8 Å². The number of likely N-dealkylation sites (tertiary alicyclic amines) is 1. The first kappa shape index (κ1) is 42.2. The highest BCUT2D eigenvalue weighted by Crippen LogP contribution is 2.34. The van der Waals surface area contributed by atoms with E-state index < -0.39 is 28.8 Å². The number of benzene rings is 2. The molecule has 3 aromatic rings. The molecule has 56 heavy (non-hydrogen) atoms. The number of fused-ring (bicyclic) bond motifs is 1. The molecule has 3 aliphatic rings. The zero-order chi connectivity index (χ0) is 40.6. The fourth-order valence-electron chi connectivity index (χ4n) is 7.06. The lowest BCUT2D eigenvalue weighted by Crippen LogP contribution is -2.49. The predicted molar refractivity (Wildman–Crippen MR) is 209 cm³/mol. The van der Waals surface area contributed by atoms with Crippen molar-refractivity contribution in [2.24, 2.45) is 22.8 Å². The number of piperidine rings is 2. The first-order valence-corrected chi connectivity index (χ1v) is 19.5. The summed E-state index contributed by atoms with van der Waals surface area (Å²) in [5.74, 6) is 0.938. The zero-order valence-electron chi connectivity index (χ0n) is 31.7. The first-order valence-electron chi connectivity index (χ1n) is 18.4. The number of hydrogen-bond donors (Lipinski definition) is 2. The minimum absolute atomic E-state index is 0.0471. The first-order chi connectivity index (χ1) is 26.9. The molecule has 2 unspecified atom stereocenters. The normalized spacial score (nSPS) is 19.3. The highest BCUT2D eigenvalue weighted by atomic mass is 32.2. The fourth-order valence-corrected chi connectivity index (χ4v) is 8.29. The van der Waals surface area contributed by atoms with Gasteiger partial charge < -0.3 is 10.5 Å². The second kappa shape index (κ2) is 18.8. The van der Waals surface area contributed by atoms with Gasteiger partial charge in [-0.15, -0.1) is 0 Å². The summed E-state index contributed by atoms with van der Waals surface area (Å²) in [6.45, 7) is 8.22. The Morgan fingerprint density at radius 2 is 1.84 bits per heavy atom. The maximum atomic E-state index is 13.5. The highest BCUT2D eigenvalue weighted by Gasteiger charge is 2.33. The molecule has 0 bridgehead atoms. The van der Waals surface area contributed by atoms with Crippen LogP contribution in [0.2, 0.25) is 0 Å². The molecule has 3 amide bonds. The molecular formula is C38H47F3N10O4S. The molecule has 3 fully saturated rings. The molecule has 300 valence electrons. The number of aromatic nitrogens is 2. The number of aliphatic imine (C=N–C) groups is 2. The summed E-state index contributed by atoms with van der Waals surface area (Å²) in [7, 11) is 1.79. The lowest BCUT2D eigenvalue weighted by Gasteiger charge is -2.36. The summed E-state index contributed by atoms with van der Waals surface area (Å²) in [6.07, 6.45) is -0.200. The van der Waals surface area contributed by atoms with Gasteiger partial charge in [-0.1, -0.05) is 6.07 Å². The van der Waals surface area contributed by atoms with Gasteiger partial charge in [0.15, 0.2) is 5.82 Å². The number of nitrogens with two attached hydrogens (primary N) is 1. The number of nitrogens with zero attached hydrogens (tertiary/aromatic N) is 8. The summed E-state index contributed by atoms with van der Waals surface area (Å²) in [6, 6.07) is 12.5. The summed E-state index contributed by atoms with van der Waals surface area (Å²) >= 11 is 0. The molecule has 3 saturated heterocycles. The second-order valence-corrected chi connectivity index (χ2v) is 15.2. The number of anilines is 1. The summed E-state index contributed by atoms with van der Waals surface area (Å²) in [5, 5.41) is 17.6. The van der Waals surface area contributed by atoms with E-state index in [1.807, 2.05) is 13.1 Å². The van der Waals surface area contributed by atoms with Crippen LogP contribution in [0.15, 0.2) is 63.1 Å². The van der Waals surface area contributed by atoms with Gasteiger partial charge in [0.25, 0.3) is 0 Å². The van der Waals surface area contributed by atoms with Crippen LogP contribution in [0.3, 0.4) is 0 Å². The lowest BCUT2D eigenvalue weighted by atomic mass is 9.88. The number of nitrogens with one attached hydrogen (secondary N) is 1. The molecule has 0 saturated carbocycles. The average molecular weight is 797 g/mol. The highest BCUT2D eigenvalue weighted by molar-refractivity contribution is 7.82. The Morgan fingerprint density at radius 1 is 1.12 bits per heavy atom. The van der Waals surface area contributed by atoms with Gasteiger partial charge in [0, 0.05) is 56.9 Å². The van der Waals surface area contributed by atoms with Crippen molar-refractivity contribution in [3.63, 3.8) is 0 Å². The minimum Gasteiger partial charge on any atom is -0.491 e. The number of urea groups is 1. The summed E-state index contributed by atoms with van der Waals surface area (Å²) in [5.41, 5.74) is 5.98. The standard InChI is InChI=1S/C37H42F3N9O4S.CH5N/c1-24(47-13-8-25(9-14-47)26-5-7-31-32(18-26)46(3)45-35(31)49-17-12-34(50)44-36(49)51)23-53-33-19-30(6-4-27(33)20-41)54(52)48-15-10-29(11-16-48)43-22-28(21-42-2)37(38,39)40;1-2/h4-7,18-19,21-22,24-25,29H,2,8-17,23H2,1,3H3,(H,44,50,51);2H2,1H3/b28-21+,43-22?;. The number of rotatable bonds is 11. The van der Waals surface area contributed by atoms with Crippen LogP contribution in [0.25, 0.3) is 10.9 Å². The number of aryl methyl sites for hydroxylation is 1. The van der Waals surface area contributed by atoms with Gasteiger partial charge in [0.1, 0.15) is 29.4 Å². The quantitative estimate of drug-likeness (QED) is 0.260. The summed E-state index contributed by atoms with van der Waals surface area (Å²) < 4.78 is 62.6. The number of allylic oxidation sites excluding steroid dienone is 1. The van der Waals surface area contributed by atoms with Crippen LogP contribution in [0.1, 0.15) is 56.1 Å². The van der Waals surface area contributed by atoms with Crippen LogP contribution >= 0.6 is 0 Å². The Labute approximate surface area is 326 Å². The van der Waals surface area contributed by atoms with E-state index in [9.17, 15) is 32.2 Å². The van der Waals surface area contributed by atoms with Crippen molar-refractivity contribution in [2.45, 2.75) is 68.1 Å². The molecule has 2 aromatic carbocycles. The third kappa shape index (κ3) is 9.88. The molecule has 0 aliphatic carbocycles. The van der Waals surface area contributed by atoms with Gasteiger partial charge >= 0.3 is 12.2 Å². The number of amides is 3. The Hall–Kier alpha value is -4.96. The minimum atomic E-state index is -4.58. The van der Waals surface area contributed by atoms with E-state index in [2.05, 4.69) is 62.9 Å². The van der Waals surface area contributed by atoms with Gasteiger partial charge in [0.05, 0.1) is 27.6 Å². The molecule has 6 rings (SSSR count). The van der Waals surface area contributed by atoms with Crippen LogP contribution in [0, 0.1) is 11.3 Å². The molecule has 14 nitrogen and oxygen atoms in total. The third-order valence-corrected chi connectivity index (χ3v) is 11.7. The molecule has 4 heterocycles. The molecule has 1 aromatic heterocycles. The lowest BCUT2D eigenvalue weighted by molar-refractivity contribution is -0.120. The number of halogens is 3. The Balaban J connectivity index is 0.00000295. The number of imide groups is 1. The molecule has 0 radical (unpaired) electrons. The van der Waals surface area contributed by atoms with Crippen molar-refractivity contribution < 1.29 is 31.7 Å². The smallest absolute Gasteiger partial charge is 0.419 e. The molecular weight excluding hydrogens is 750 g/mol. The van der Waals surface area contributed by atoms with E-state index in [0.29, 0.717) is 66.7 Å². The van der Waals surface area contributed by atoms with E-state index in [-0.39, 0.29) is 31.0 Å². The topological polar surface area (TPSA) is 175 Å². The number of ether oxygens (including phenoxy) is 1. The van der Waals surface area contributed by atoms with Crippen LogP contribution < -0.4 is 20.7 Å². The van der Waals surface area contributed by atoms with Crippen molar-refractivity contribution in [2.75, 3.05) is 51.3 Å². The second-order valence-electron chi connectivity index (χ2n) is 13.7. The van der Waals surface area contributed by atoms with Crippen molar-refractivity contribution in [1.29, 1.82) is 5.26 Å². The molecule has 18 heteroatoms. The fraction of sp³-hybridized carbons (Fsp3) is 0.474. The predicted octanol–water partition coefficient (Wildman–Crippen LogP) is 4.82. The molecule has 3 aliphatic heterocycles. The van der Waals surface area contributed by atoms with E-state index in [1.54, 1.807) is 27.2 Å². The Bertz CT molecular complexity index is 2030. The Morgan fingerprint density at radius 3 is 2.48 bits per heavy atom. The maximum Gasteiger partial charge on any atom is 0.419 e. The zero-order valence-corrected chi connectivity index (χ0v) is 32.5. The van der Waals surface area contributed by atoms with Crippen molar-refractivity contribution in [3.05, 3.63) is 59.3 Å². The van der Waals surface area contributed by atoms with E-state index in [1.165, 1.54) is 17.5 Å². The number of alkyl halides is 3. The number of nitriles is 1. The van der Waals surface area contributed by atoms with Crippen molar-refractivity contribution in [1.82, 2.24) is 24.3 Å². The van der Waals surface area contributed by atoms with Gasteiger partial charge in [-0.2, -0.15) is 23.5 Å². The Kier molecular flexibility index (Phi) is 14.2. The monoisotopic (exact) mass is 796 g/mol. The number of carbonyl (C=O) groups is 2. The van der Waals surface area contributed by atoms with Crippen LogP contribution in [-0.4, -0.2) is 113 Å². The van der Waals surface area contributed by atoms with E-state index in [4.69, 9.17) is 4.74 Å². The average Bonchev–Trinajstić information content (AvgIpc) is 3.53. The number of carbonyl (C=O) groups excluding carboxylic acids is 2. The van der Waals surface area contributed by atoms with E-state index in [0.717, 1.165) is 43.0 Å². The van der Waals surface area contributed by atoms with Crippen molar-refractivity contribution >= 4 is 52.6 Å². The van der Waals surface area contributed by atoms with Crippen LogP contribution in [0.5, 0.6) is 5.75 Å². The molecule has 0 spiro atoms. The van der Waals surface area contributed by atoms with Gasteiger partial charge in [-0.05, 0) is 101 Å². The van der Waals surface area contributed by atoms with Crippen LogP contribution in [0.4, 0.5) is 23.8 Å². The molecule has 3 N–H and O–H groups in total. The molecule has 2 atom stereocenters. The van der Waals surface area contributed by atoms with Gasteiger partial charge in [-0.25, -0.2) is 13.3 Å². The maximum absolute atomic E-state index is 13.5.